The summed E-state index contributed by atoms with van der Waals surface area (Å²) in [6, 6.07) is 0. The van der Waals surface area contributed by atoms with Crippen LogP contribution in [0.3, 0.4) is 0 Å². The van der Waals surface area contributed by atoms with Crippen molar-refractivity contribution in [2.45, 2.75) is 64.6 Å². The van der Waals surface area contributed by atoms with Crippen molar-refractivity contribution in [1.82, 2.24) is 0 Å². The van der Waals surface area contributed by atoms with E-state index in [1.807, 2.05) is 0 Å². The average molecular weight is 200 g/mol. The van der Waals surface area contributed by atoms with Crippen molar-refractivity contribution in [3.63, 3.8) is 0 Å². The van der Waals surface area contributed by atoms with Crippen molar-refractivity contribution < 1.29 is 9.47 Å². The van der Waals surface area contributed by atoms with E-state index in [1.54, 1.807) is 0 Å². The lowest BCUT2D eigenvalue weighted by atomic mass is 10.0. The van der Waals surface area contributed by atoms with Gasteiger partial charge in [0, 0.05) is 6.42 Å². The summed E-state index contributed by atoms with van der Waals surface area (Å²) in [5.41, 5.74) is 0. The highest BCUT2D eigenvalue weighted by atomic mass is 16.7. The molecular formula is C12H24O2. The van der Waals surface area contributed by atoms with Gasteiger partial charge in [-0.25, -0.2) is 0 Å². The summed E-state index contributed by atoms with van der Waals surface area (Å²) in [6.07, 6.45) is 8.12. The summed E-state index contributed by atoms with van der Waals surface area (Å²) in [5.74, 6) is -0.244. The summed E-state index contributed by atoms with van der Waals surface area (Å²) in [5, 5.41) is 0. The monoisotopic (exact) mass is 200 g/mol. The maximum Gasteiger partial charge on any atom is 0.168 e. The van der Waals surface area contributed by atoms with Crippen LogP contribution in [0, 0.1) is 0 Å². The molecule has 0 aromatic heterocycles. The van der Waals surface area contributed by atoms with Gasteiger partial charge in [0.15, 0.2) is 5.79 Å². The first-order valence-electron chi connectivity index (χ1n) is 6.11. The Morgan fingerprint density at radius 3 is 2.14 bits per heavy atom. The van der Waals surface area contributed by atoms with Gasteiger partial charge in [0.25, 0.3) is 0 Å². The fourth-order valence-corrected chi connectivity index (χ4v) is 1.93. The molecule has 0 amide bonds. The van der Waals surface area contributed by atoms with Crippen molar-refractivity contribution in [2.75, 3.05) is 13.2 Å². The van der Waals surface area contributed by atoms with E-state index in [2.05, 4.69) is 13.8 Å². The van der Waals surface area contributed by atoms with Gasteiger partial charge in [-0.15, -0.1) is 0 Å². The van der Waals surface area contributed by atoms with Gasteiger partial charge in [0.05, 0.1) is 13.2 Å². The third-order valence-electron chi connectivity index (χ3n) is 2.97. The molecule has 0 bridgehead atoms. The lowest BCUT2D eigenvalue weighted by Crippen LogP contribution is -2.34. The highest BCUT2D eigenvalue weighted by Crippen LogP contribution is 2.28. The third-order valence-corrected chi connectivity index (χ3v) is 2.97. The molecule has 0 aliphatic carbocycles. The van der Waals surface area contributed by atoms with E-state index < -0.39 is 0 Å². The minimum atomic E-state index is -0.244. The van der Waals surface area contributed by atoms with Crippen LogP contribution in [0.1, 0.15) is 58.8 Å². The maximum atomic E-state index is 5.86. The lowest BCUT2D eigenvalue weighted by Gasteiger charge is -2.31. The topological polar surface area (TPSA) is 18.5 Å². The van der Waals surface area contributed by atoms with E-state index in [1.165, 1.54) is 19.3 Å². The van der Waals surface area contributed by atoms with Gasteiger partial charge in [-0.05, 0) is 25.7 Å². The highest BCUT2D eigenvalue weighted by Gasteiger charge is 2.30. The summed E-state index contributed by atoms with van der Waals surface area (Å²) >= 11 is 0. The summed E-state index contributed by atoms with van der Waals surface area (Å²) < 4.78 is 11.7. The molecule has 0 atom stereocenters. The van der Waals surface area contributed by atoms with Crippen molar-refractivity contribution in [1.29, 1.82) is 0 Å². The second-order valence-electron chi connectivity index (χ2n) is 4.13. The van der Waals surface area contributed by atoms with Crippen LogP contribution in [-0.2, 0) is 9.47 Å². The molecule has 2 nitrogen and oxygen atoms in total. The first-order valence-corrected chi connectivity index (χ1v) is 6.11. The minimum absolute atomic E-state index is 0.244. The van der Waals surface area contributed by atoms with Gasteiger partial charge < -0.3 is 9.47 Å². The van der Waals surface area contributed by atoms with E-state index in [9.17, 15) is 0 Å². The Morgan fingerprint density at radius 1 is 1.00 bits per heavy atom. The molecule has 84 valence electrons. The average Bonchev–Trinajstić information content (AvgIpc) is 2.45. The first kappa shape index (κ1) is 12.0. The van der Waals surface area contributed by atoms with Gasteiger partial charge in [-0.3, -0.25) is 0 Å². The van der Waals surface area contributed by atoms with Crippen molar-refractivity contribution >= 4 is 0 Å². The van der Waals surface area contributed by atoms with Crippen LogP contribution in [0.15, 0.2) is 0 Å². The zero-order valence-electron chi connectivity index (χ0n) is 9.68. The van der Waals surface area contributed by atoms with Crippen LogP contribution in [0.5, 0.6) is 0 Å². The van der Waals surface area contributed by atoms with Gasteiger partial charge in [-0.1, -0.05) is 26.7 Å². The maximum absolute atomic E-state index is 5.86. The molecule has 1 fully saturated rings. The highest BCUT2D eigenvalue weighted by molar-refractivity contribution is 4.70. The number of ether oxygens (including phenoxy) is 2. The smallest absolute Gasteiger partial charge is 0.168 e. The molecule has 0 aromatic rings. The fraction of sp³-hybridized carbons (Fsp3) is 1.00. The Morgan fingerprint density at radius 2 is 1.64 bits per heavy atom. The van der Waals surface area contributed by atoms with E-state index in [-0.39, 0.29) is 5.79 Å². The molecule has 0 spiro atoms. The molecule has 14 heavy (non-hydrogen) atoms. The molecule has 2 heteroatoms. The molecule has 1 heterocycles. The van der Waals surface area contributed by atoms with E-state index >= 15 is 0 Å². The Bertz CT molecular complexity index is 137. The SMILES string of the molecule is CCCCCC1(CC)OCCCCO1. The predicted molar refractivity (Wildman–Crippen MR) is 58.3 cm³/mol. The quantitative estimate of drug-likeness (QED) is 0.632. The standard InChI is InChI=1S/C12H24O2/c1-3-5-6-9-12(4-2)13-10-7-8-11-14-12/h3-11H2,1-2H3. The lowest BCUT2D eigenvalue weighted by molar-refractivity contribution is -0.231. The molecule has 1 saturated heterocycles. The molecule has 1 rings (SSSR count). The second kappa shape index (κ2) is 6.41. The van der Waals surface area contributed by atoms with Crippen molar-refractivity contribution in [3.05, 3.63) is 0 Å². The van der Waals surface area contributed by atoms with Crippen LogP contribution in [0.2, 0.25) is 0 Å². The van der Waals surface area contributed by atoms with Gasteiger partial charge >= 0.3 is 0 Å². The number of hydrogen-bond donors (Lipinski definition) is 0. The second-order valence-corrected chi connectivity index (χ2v) is 4.13. The predicted octanol–water partition coefficient (Wildman–Crippen LogP) is 3.50. The Labute approximate surface area is 88.0 Å². The Balaban J connectivity index is 2.37. The largest absolute Gasteiger partial charge is 0.350 e. The zero-order valence-corrected chi connectivity index (χ0v) is 9.68. The van der Waals surface area contributed by atoms with E-state index in [4.69, 9.17) is 9.47 Å². The van der Waals surface area contributed by atoms with Crippen LogP contribution in [0.4, 0.5) is 0 Å². The van der Waals surface area contributed by atoms with Crippen LogP contribution in [-0.4, -0.2) is 19.0 Å². The fourth-order valence-electron chi connectivity index (χ4n) is 1.93. The summed E-state index contributed by atoms with van der Waals surface area (Å²) in [6.45, 7) is 6.14. The molecule has 1 aliphatic heterocycles. The molecule has 0 aromatic carbocycles. The molecular weight excluding hydrogens is 176 g/mol. The Hall–Kier alpha value is -0.0800. The summed E-state index contributed by atoms with van der Waals surface area (Å²) in [4.78, 5) is 0. The van der Waals surface area contributed by atoms with Crippen LogP contribution in [0.25, 0.3) is 0 Å². The first-order chi connectivity index (χ1) is 6.83. The molecule has 0 radical (unpaired) electrons. The van der Waals surface area contributed by atoms with Crippen LogP contribution < -0.4 is 0 Å². The van der Waals surface area contributed by atoms with Crippen molar-refractivity contribution in [2.24, 2.45) is 0 Å². The Kier molecular flexibility index (Phi) is 5.49. The minimum Gasteiger partial charge on any atom is -0.350 e. The number of rotatable bonds is 5. The molecule has 0 unspecified atom stereocenters. The van der Waals surface area contributed by atoms with Crippen LogP contribution >= 0.6 is 0 Å². The van der Waals surface area contributed by atoms with E-state index in [0.29, 0.717) is 0 Å². The van der Waals surface area contributed by atoms with Gasteiger partial charge in [0.1, 0.15) is 0 Å². The number of unbranched alkanes of at least 4 members (excludes halogenated alkanes) is 2. The molecule has 0 N–H and O–H groups in total. The van der Waals surface area contributed by atoms with Gasteiger partial charge in [0.2, 0.25) is 0 Å². The normalized spacial score (nSPS) is 21.9. The third kappa shape index (κ3) is 3.58. The summed E-state index contributed by atoms with van der Waals surface area (Å²) in [7, 11) is 0. The van der Waals surface area contributed by atoms with Crippen molar-refractivity contribution in [3.8, 4) is 0 Å². The van der Waals surface area contributed by atoms with Gasteiger partial charge in [-0.2, -0.15) is 0 Å². The molecule has 0 saturated carbocycles. The zero-order chi connectivity index (χ0) is 10.3. The number of hydrogen-bond acceptors (Lipinski definition) is 2. The molecule has 1 aliphatic rings. The van der Waals surface area contributed by atoms with E-state index in [0.717, 1.165) is 38.9 Å².